The van der Waals surface area contributed by atoms with Crippen LogP contribution < -0.4 is 5.32 Å². The Bertz CT molecular complexity index is 352. The molecule has 19 heavy (non-hydrogen) atoms. The number of piperazine rings is 1. The van der Waals surface area contributed by atoms with Crippen molar-refractivity contribution in [1.82, 2.24) is 10.2 Å². The van der Waals surface area contributed by atoms with Crippen LogP contribution >= 0.6 is 0 Å². The van der Waals surface area contributed by atoms with Crippen molar-refractivity contribution in [3.05, 3.63) is 0 Å². The minimum absolute atomic E-state index is 0.0307. The van der Waals surface area contributed by atoms with Gasteiger partial charge in [-0.3, -0.25) is 9.59 Å². The molecule has 1 saturated heterocycles. The molecule has 0 aromatic heterocycles. The van der Waals surface area contributed by atoms with Crippen molar-refractivity contribution >= 4 is 11.8 Å². The van der Waals surface area contributed by atoms with E-state index >= 15 is 0 Å². The Morgan fingerprint density at radius 2 is 2.00 bits per heavy atom. The monoisotopic (exact) mass is 266 g/mol. The largest absolute Gasteiger partial charge is 0.342 e. The van der Waals surface area contributed by atoms with Crippen LogP contribution in [0.5, 0.6) is 0 Å². The summed E-state index contributed by atoms with van der Waals surface area (Å²) in [5.41, 5.74) is 0. The minimum atomic E-state index is -0.320. The lowest BCUT2D eigenvalue weighted by Gasteiger charge is -2.40. The summed E-state index contributed by atoms with van der Waals surface area (Å²) in [6.45, 7) is 6.83. The first-order valence-corrected chi connectivity index (χ1v) is 7.69. The summed E-state index contributed by atoms with van der Waals surface area (Å²) in [7, 11) is 0. The van der Waals surface area contributed by atoms with Gasteiger partial charge >= 0.3 is 0 Å². The Labute approximate surface area is 115 Å². The second-order valence-electron chi connectivity index (χ2n) is 6.06. The highest BCUT2D eigenvalue weighted by Gasteiger charge is 2.41. The number of hydrogen-bond donors (Lipinski definition) is 1. The van der Waals surface area contributed by atoms with E-state index in [2.05, 4.69) is 12.2 Å². The number of carbonyl (C=O) groups is 2. The zero-order valence-corrected chi connectivity index (χ0v) is 12.3. The highest BCUT2D eigenvalue weighted by atomic mass is 16.2. The number of carbonyl (C=O) groups excluding carboxylic acids is 2. The number of nitrogens with one attached hydrogen (secondary N) is 1. The summed E-state index contributed by atoms with van der Waals surface area (Å²) in [6.07, 6.45) is 5.25. The Kier molecular flexibility index (Phi) is 4.48. The van der Waals surface area contributed by atoms with Crippen molar-refractivity contribution in [2.24, 2.45) is 11.8 Å². The minimum Gasteiger partial charge on any atom is -0.342 e. The fourth-order valence-corrected chi connectivity index (χ4v) is 2.81. The van der Waals surface area contributed by atoms with Gasteiger partial charge in [0, 0.05) is 6.54 Å². The van der Waals surface area contributed by atoms with Crippen LogP contribution in [0.25, 0.3) is 0 Å². The molecule has 2 amide bonds. The Morgan fingerprint density at radius 1 is 1.32 bits per heavy atom. The van der Waals surface area contributed by atoms with E-state index < -0.39 is 0 Å². The Hall–Kier alpha value is -1.06. The molecular weight excluding hydrogens is 240 g/mol. The van der Waals surface area contributed by atoms with Crippen molar-refractivity contribution < 1.29 is 9.59 Å². The topological polar surface area (TPSA) is 49.4 Å². The van der Waals surface area contributed by atoms with E-state index in [1.807, 2.05) is 18.7 Å². The average Bonchev–Trinajstić information content (AvgIpc) is 3.22. The van der Waals surface area contributed by atoms with E-state index in [1.54, 1.807) is 0 Å². The van der Waals surface area contributed by atoms with Crippen molar-refractivity contribution in [3.63, 3.8) is 0 Å². The van der Waals surface area contributed by atoms with Gasteiger partial charge in [0.2, 0.25) is 11.8 Å². The van der Waals surface area contributed by atoms with Crippen molar-refractivity contribution in [1.29, 1.82) is 0 Å². The molecule has 1 N–H and O–H groups in total. The summed E-state index contributed by atoms with van der Waals surface area (Å²) in [5, 5.41) is 2.92. The van der Waals surface area contributed by atoms with Crippen LogP contribution in [0.4, 0.5) is 0 Å². The smallest absolute Gasteiger partial charge is 0.246 e. The first kappa shape index (κ1) is 14.4. The Balaban J connectivity index is 2.07. The highest BCUT2D eigenvalue weighted by Crippen LogP contribution is 2.33. The number of nitrogens with zero attached hydrogens (tertiary/aromatic N) is 1. The molecule has 3 unspecified atom stereocenters. The van der Waals surface area contributed by atoms with Gasteiger partial charge in [-0.1, -0.05) is 40.0 Å². The lowest BCUT2D eigenvalue weighted by Crippen LogP contribution is -2.64. The molecule has 108 valence electrons. The van der Waals surface area contributed by atoms with Gasteiger partial charge in [-0.15, -0.1) is 0 Å². The van der Waals surface area contributed by atoms with Gasteiger partial charge in [-0.05, 0) is 24.7 Å². The Morgan fingerprint density at radius 3 is 2.53 bits per heavy atom. The summed E-state index contributed by atoms with van der Waals surface area (Å²) in [5.74, 6) is 1.15. The number of hydrogen-bond acceptors (Lipinski definition) is 2. The maximum absolute atomic E-state index is 12.6. The van der Waals surface area contributed by atoms with E-state index in [-0.39, 0.29) is 29.8 Å². The standard InChI is InChI=1S/C15H26N2O2/c1-4-10(3)13-15(19)17(9-8-11-6-7-11)12(5-2)14(18)16-13/h10-13H,4-9H2,1-3H3,(H,16,18). The number of rotatable bonds is 6. The maximum Gasteiger partial charge on any atom is 0.246 e. The molecule has 0 aromatic carbocycles. The molecule has 0 radical (unpaired) electrons. The summed E-state index contributed by atoms with van der Waals surface area (Å²) >= 11 is 0. The van der Waals surface area contributed by atoms with Crippen molar-refractivity contribution in [3.8, 4) is 0 Å². The van der Waals surface area contributed by atoms with Crippen LogP contribution in [-0.4, -0.2) is 35.3 Å². The van der Waals surface area contributed by atoms with E-state index in [1.165, 1.54) is 12.8 Å². The second-order valence-corrected chi connectivity index (χ2v) is 6.06. The van der Waals surface area contributed by atoms with E-state index in [4.69, 9.17) is 0 Å². The lowest BCUT2D eigenvalue weighted by molar-refractivity contribution is -0.151. The van der Waals surface area contributed by atoms with E-state index in [0.717, 1.165) is 25.3 Å². The van der Waals surface area contributed by atoms with Gasteiger partial charge in [0.15, 0.2) is 0 Å². The van der Waals surface area contributed by atoms with Crippen LogP contribution in [0.3, 0.4) is 0 Å². The predicted molar refractivity (Wildman–Crippen MR) is 74.5 cm³/mol. The first-order chi connectivity index (χ1) is 9.08. The van der Waals surface area contributed by atoms with Crippen molar-refractivity contribution in [2.75, 3.05) is 6.54 Å². The predicted octanol–water partition coefficient (Wildman–Crippen LogP) is 1.94. The fraction of sp³-hybridized carbons (Fsp3) is 0.867. The summed E-state index contributed by atoms with van der Waals surface area (Å²) in [4.78, 5) is 26.6. The third-order valence-electron chi connectivity index (χ3n) is 4.60. The normalized spacial score (nSPS) is 29.3. The van der Waals surface area contributed by atoms with Crippen LogP contribution in [0.2, 0.25) is 0 Å². The summed E-state index contributed by atoms with van der Waals surface area (Å²) in [6, 6.07) is -0.578. The van der Waals surface area contributed by atoms with Gasteiger partial charge in [0.25, 0.3) is 0 Å². The number of amides is 2. The van der Waals surface area contributed by atoms with E-state index in [0.29, 0.717) is 6.42 Å². The second kappa shape index (κ2) is 5.93. The van der Waals surface area contributed by atoms with E-state index in [9.17, 15) is 9.59 Å². The first-order valence-electron chi connectivity index (χ1n) is 7.69. The molecule has 2 aliphatic rings. The summed E-state index contributed by atoms with van der Waals surface area (Å²) < 4.78 is 0. The zero-order valence-electron chi connectivity index (χ0n) is 12.3. The van der Waals surface area contributed by atoms with Crippen molar-refractivity contribution in [2.45, 2.75) is 65.0 Å². The highest BCUT2D eigenvalue weighted by molar-refractivity contribution is 5.97. The SMILES string of the molecule is CCC(C)C1NC(=O)C(CC)N(CCC2CC2)C1=O. The molecule has 1 aliphatic heterocycles. The molecule has 3 atom stereocenters. The van der Waals surface area contributed by atoms with Crippen LogP contribution in [0.15, 0.2) is 0 Å². The molecular formula is C15H26N2O2. The van der Waals surface area contributed by atoms with Gasteiger partial charge in [0.1, 0.15) is 12.1 Å². The van der Waals surface area contributed by atoms with Crippen LogP contribution in [-0.2, 0) is 9.59 Å². The third kappa shape index (κ3) is 3.10. The van der Waals surface area contributed by atoms with Crippen LogP contribution in [0, 0.1) is 11.8 Å². The van der Waals surface area contributed by atoms with Gasteiger partial charge < -0.3 is 10.2 Å². The average molecular weight is 266 g/mol. The molecule has 4 nitrogen and oxygen atoms in total. The van der Waals surface area contributed by atoms with Crippen LogP contribution in [0.1, 0.15) is 52.9 Å². The molecule has 1 heterocycles. The molecule has 1 aliphatic carbocycles. The molecule has 1 saturated carbocycles. The molecule has 0 aromatic rings. The molecule has 4 heteroatoms. The third-order valence-corrected chi connectivity index (χ3v) is 4.60. The lowest BCUT2D eigenvalue weighted by atomic mass is 9.93. The van der Waals surface area contributed by atoms with Gasteiger partial charge in [0.05, 0.1) is 0 Å². The molecule has 2 rings (SSSR count). The van der Waals surface area contributed by atoms with Gasteiger partial charge in [-0.2, -0.15) is 0 Å². The zero-order chi connectivity index (χ0) is 14.0. The fourth-order valence-electron chi connectivity index (χ4n) is 2.81. The molecule has 0 bridgehead atoms. The van der Waals surface area contributed by atoms with Gasteiger partial charge in [-0.25, -0.2) is 0 Å². The molecule has 2 fully saturated rings. The molecule has 0 spiro atoms. The quantitative estimate of drug-likeness (QED) is 0.798. The maximum atomic E-state index is 12.6.